The van der Waals surface area contributed by atoms with Gasteiger partial charge in [0.15, 0.2) is 5.78 Å². The molecule has 0 aliphatic carbocycles. The van der Waals surface area contributed by atoms with Crippen molar-refractivity contribution in [1.82, 2.24) is 10.2 Å². The van der Waals surface area contributed by atoms with Crippen LogP contribution in [0.25, 0.3) is 0 Å². The third-order valence-corrected chi connectivity index (χ3v) is 3.52. The predicted molar refractivity (Wildman–Crippen MR) is 68.5 cm³/mol. The third kappa shape index (κ3) is 2.97. The molecule has 0 fully saturated rings. The summed E-state index contributed by atoms with van der Waals surface area (Å²) in [5.74, 6) is 0.147. The van der Waals surface area contributed by atoms with Crippen LogP contribution in [-0.2, 0) is 6.42 Å². The minimum atomic E-state index is 0.147. The molecule has 0 spiro atoms. The van der Waals surface area contributed by atoms with Gasteiger partial charge in [-0.15, -0.1) is 11.3 Å². The zero-order valence-corrected chi connectivity index (χ0v) is 10.8. The topological polar surface area (TPSA) is 42.9 Å². The average molecular weight is 246 g/mol. The van der Waals surface area contributed by atoms with Gasteiger partial charge in [0.05, 0.1) is 11.4 Å². The Kier molecular flexibility index (Phi) is 3.64. The van der Waals surface area contributed by atoms with E-state index in [1.54, 1.807) is 11.3 Å². The Labute approximate surface area is 105 Å². The smallest absolute Gasteiger partial charge is 0.165 e. The Morgan fingerprint density at radius 1 is 1.35 bits per heavy atom. The number of carbonyl (C=O) groups is 1. The molecule has 88 valence electrons. The summed E-state index contributed by atoms with van der Waals surface area (Å²) in [6.07, 6.45) is 1.34. The van der Waals surface area contributed by atoms with Gasteiger partial charge < -0.3 is 0 Å². The van der Waals surface area contributed by atoms with Crippen molar-refractivity contribution >= 4 is 17.1 Å². The molecule has 17 heavy (non-hydrogen) atoms. The number of hydrogen-bond donors (Lipinski definition) is 0. The molecule has 2 heterocycles. The van der Waals surface area contributed by atoms with Crippen molar-refractivity contribution in [3.05, 3.63) is 45.4 Å². The number of hydrogen-bond acceptors (Lipinski definition) is 4. The Bertz CT molecular complexity index is 520. The van der Waals surface area contributed by atoms with E-state index < -0.39 is 0 Å². The third-order valence-electron chi connectivity index (χ3n) is 2.58. The summed E-state index contributed by atoms with van der Waals surface area (Å²) >= 11 is 1.69. The van der Waals surface area contributed by atoms with E-state index in [2.05, 4.69) is 16.3 Å². The van der Waals surface area contributed by atoms with Crippen molar-refractivity contribution in [1.29, 1.82) is 0 Å². The molecule has 2 aromatic heterocycles. The molecule has 0 aromatic carbocycles. The van der Waals surface area contributed by atoms with Crippen LogP contribution in [0.1, 0.15) is 33.0 Å². The second kappa shape index (κ2) is 5.19. The van der Waals surface area contributed by atoms with Crippen LogP contribution in [0.4, 0.5) is 0 Å². The first kappa shape index (κ1) is 11.9. The summed E-state index contributed by atoms with van der Waals surface area (Å²) in [4.78, 5) is 13.3. The summed E-state index contributed by atoms with van der Waals surface area (Å²) < 4.78 is 0. The second-order valence-corrected chi connectivity index (χ2v) is 5.02. The molecule has 0 aliphatic heterocycles. The molecule has 0 amide bonds. The van der Waals surface area contributed by atoms with Crippen LogP contribution in [0.3, 0.4) is 0 Å². The molecule has 0 aliphatic rings. The molecule has 2 rings (SSSR count). The largest absolute Gasteiger partial charge is 0.294 e. The second-order valence-electron chi connectivity index (χ2n) is 3.99. The number of aryl methyl sites for hydroxylation is 3. The van der Waals surface area contributed by atoms with Crippen LogP contribution in [-0.4, -0.2) is 16.0 Å². The van der Waals surface area contributed by atoms with E-state index in [1.807, 2.05) is 31.4 Å². The molecule has 3 nitrogen and oxygen atoms in total. The van der Waals surface area contributed by atoms with Gasteiger partial charge in [0.2, 0.25) is 0 Å². The van der Waals surface area contributed by atoms with Gasteiger partial charge in [-0.25, -0.2) is 0 Å². The van der Waals surface area contributed by atoms with Gasteiger partial charge >= 0.3 is 0 Å². The molecule has 0 saturated heterocycles. The summed E-state index contributed by atoms with van der Waals surface area (Å²) in [6, 6.07) is 5.88. The zero-order valence-electron chi connectivity index (χ0n) is 9.93. The minimum Gasteiger partial charge on any atom is -0.294 e. The fourth-order valence-corrected chi connectivity index (χ4v) is 2.37. The quantitative estimate of drug-likeness (QED) is 0.779. The van der Waals surface area contributed by atoms with Crippen molar-refractivity contribution < 1.29 is 4.79 Å². The maximum absolute atomic E-state index is 12.0. The Morgan fingerprint density at radius 2 is 2.18 bits per heavy atom. The van der Waals surface area contributed by atoms with Crippen LogP contribution in [0.15, 0.2) is 23.6 Å². The highest BCUT2D eigenvalue weighted by atomic mass is 32.1. The van der Waals surface area contributed by atoms with Crippen molar-refractivity contribution in [2.24, 2.45) is 0 Å². The van der Waals surface area contributed by atoms with Gasteiger partial charge in [-0.2, -0.15) is 10.2 Å². The molecule has 0 radical (unpaired) electrons. The number of carbonyl (C=O) groups excluding carboxylic acids is 1. The van der Waals surface area contributed by atoms with Crippen LogP contribution >= 0.6 is 11.3 Å². The first-order valence-electron chi connectivity index (χ1n) is 5.53. The molecule has 0 N–H and O–H groups in total. The summed E-state index contributed by atoms with van der Waals surface area (Å²) in [6.45, 7) is 3.67. The first-order chi connectivity index (χ1) is 8.16. The van der Waals surface area contributed by atoms with Gasteiger partial charge in [-0.1, -0.05) is 6.07 Å². The van der Waals surface area contributed by atoms with Gasteiger partial charge in [-0.3, -0.25) is 4.79 Å². The Balaban J connectivity index is 2.07. The molecular formula is C13H14N2OS. The zero-order chi connectivity index (χ0) is 12.3. The molecule has 0 saturated carbocycles. The predicted octanol–water partition coefficient (Wildman–Crippen LogP) is 2.97. The fourth-order valence-electron chi connectivity index (χ4n) is 1.66. The number of ketones is 1. The number of Topliss-reactive ketones (excluding diaryl/α,β-unsaturated/α-hetero) is 1. The highest BCUT2D eigenvalue weighted by Crippen LogP contribution is 2.14. The maximum atomic E-state index is 12.0. The molecule has 0 atom stereocenters. The number of thiophene rings is 1. The van der Waals surface area contributed by atoms with Crippen molar-refractivity contribution in [3.8, 4) is 0 Å². The molecule has 0 bridgehead atoms. The van der Waals surface area contributed by atoms with Crippen molar-refractivity contribution in [2.45, 2.75) is 26.7 Å². The van der Waals surface area contributed by atoms with Crippen molar-refractivity contribution in [3.63, 3.8) is 0 Å². The standard InChI is InChI=1S/C13H14N2OS/c1-9-8-12(10(2)15-14-9)13(16)6-5-11-4-3-7-17-11/h3-4,7-8H,5-6H2,1-2H3. The lowest BCUT2D eigenvalue weighted by Gasteiger charge is -2.03. The lowest BCUT2D eigenvalue weighted by Crippen LogP contribution is -2.06. The lowest BCUT2D eigenvalue weighted by atomic mass is 10.0. The van der Waals surface area contributed by atoms with Gasteiger partial charge in [0.25, 0.3) is 0 Å². The van der Waals surface area contributed by atoms with E-state index in [9.17, 15) is 4.79 Å². The van der Waals surface area contributed by atoms with E-state index in [1.165, 1.54) is 4.88 Å². The fraction of sp³-hybridized carbons (Fsp3) is 0.308. The molecule has 0 unspecified atom stereocenters. The van der Waals surface area contributed by atoms with E-state index in [-0.39, 0.29) is 5.78 Å². The highest BCUT2D eigenvalue weighted by Gasteiger charge is 2.11. The van der Waals surface area contributed by atoms with Crippen LogP contribution in [0.5, 0.6) is 0 Å². The SMILES string of the molecule is Cc1cc(C(=O)CCc2cccs2)c(C)nn1. The Morgan fingerprint density at radius 3 is 2.88 bits per heavy atom. The normalized spacial score (nSPS) is 10.5. The molecular weight excluding hydrogens is 232 g/mol. The monoisotopic (exact) mass is 246 g/mol. The Hall–Kier alpha value is -1.55. The van der Waals surface area contributed by atoms with Crippen LogP contribution in [0, 0.1) is 13.8 Å². The van der Waals surface area contributed by atoms with Crippen LogP contribution in [0.2, 0.25) is 0 Å². The van der Waals surface area contributed by atoms with Gasteiger partial charge in [0.1, 0.15) is 0 Å². The summed E-state index contributed by atoms with van der Waals surface area (Å²) in [5, 5.41) is 9.94. The van der Waals surface area contributed by atoms with Crippen molar-refractivity contribution in [2.75, 3.05) is 0 Å². The van der Waals surface area contributed by atoms with E-state index in [0.29, 0.717) is 17.7 Å². The number of nitrogens with zero attached hydrogens (tertiary/aromatic N) is 2. The highest BCUT2D eigenvalue weighted by molar-refractivity contribution is 7.09. The van der Waals surface area contributed by atoms with Gasteiger partial charge in [-0.05, 0) is 37.8 Å². The van der Waals surface area contributed by atoms with Gasteiger partial charge in [0, 0.05) is 16.9 Å². The maximum Gasteiger partial charge on any atom is 0.165 e. The molecule has 2 aromatic rings. The number of rotatable bonds is 4. The van der Waals surface area contributed by atoms with E-state index >= 15 is 0 Å². The molecule has 4 heteroatoms. The first-order valence-corrected chi connectivity index (χ1v) is 6.41. The number of aromatic nitrogens is 2. The minimum absolute atomic E-state index is 0.147. The van der Waals surface area contributed by atoms with E-state index in [0.717, 1.165) is 12.1 Å². The lowest BCUT2D eigenvalue weighted by molar-refractivity contribution is 0.0981. The average Bonchev–Trinajstić information content (AvgIpc) is 2.82. The summed E-state index contributed by atoms with van der Waals surface area (Å²) in [5.41, 5.74) is 2.20. The summed E-state index contributed by atoms with van der Waals surface area (Å²) in [7, 11) is 0. The van der Waals surface area contributed by atoms with Crippen LogP contribution < -0.4 is 0 Å². The van der Waals surface area contributed by atoms with E-state index in [4.69, 9.17) is 0 Å².